The number of fused-ring (bicyclic) bond motifs is 5. The van der Waals surface area contributed by atoms with E-state index >= 15 is 0 Å². The first-order valence-electron chi connectivity index (χ1n) is 10.2. The summed E-state index contributed by atoms with van der Waals surface area (Å²) >= 11 is 0. The van der Waals surface area contributed by atoms with Crippen LogP contribution in [-0.2, 0) is 4.74 Å². The van der Waals surface area contributed by atoms with Gasteiger partial charge in [0, 0.05) is 7.11 Å². The van der Waals surface area contributed by atoms with Crippen LogP contribution in [0.1, 0.15) is 72.1 Å². The van der Waals surface area contributed by atoms with Gasteiger partial charge in [0.25, 0.3) is 0 Å². The maximum absolute atomic E-state index is 9.36. The molecule has 3 nitrogen and oxygen atoms in total. The first-order chi connectivity index (χ1) is 11.4. The lowest BCUT2D eigenvalue weighted by Gasteiger charge is -2.61. The van der Waals surface area contributed by atoms with Crippen LogP contribution in [0.15, 0.2) is 5.16 Å². The van der Waals surface area contributed by atoms with E-state index in [4.69, 9.17) is 4.74 Å². The van der Waals surface area contributed by atoms with Crippen LogP contribution in [0, 0.1) is 40.4 Å². The van der Waals surface area contributed by atoms with Gasteiger partial charge in [-0.3, -0.25) is 0 Å². The zero-order chi connectivity index (χ0) is 17.1. The Labute approximate surface area is 147 Å². The molecule has 0 amide bonds. The average Bonchev–Trinajstić information content (AvgIpc) is 2.90. The lowest BCUT2D eigenvalue weighted by atomic mass is 9.44. The van der Waals surface area contributed by atoms with Gasteiger partial charge in [0.05, 0.1) is 11.8 Å². The van der Waals surface area contributed by atoms with Gasteiger partial charge < -0.3 is 9.94 Å². The fourth-order valence-corrected chi connectivity index (χ4v) is 7.90. The molecular formula is C21H35NO2. The topological polar surface area (TPSA) is 41.8 Å². The van der Waals surface area contributed by atoms with Gasteiger partial charge in [-0.1, -0.05) is 25.9 Å². The summed E-state index contributed by atoms with van der Waals surface area (Å²) in [5.41, 5.74) is 1.91. The molecule has 24 heavy (non-hydrogen) atoms. The summed E-state index contributed by atoms with van der Waals surface area (Å²) in [6, 6.07) is 0. The number of methoxy groups -OCH3 is 1. The van der Waals surface area contributed by atoms with Crippen LogP contribution in [0.5, 0.6) is 0 Å². The Bertz CT molecular complexity index is 532. The Morgan fingerprint density at radius 2 is 1.79 bits per heavy atom. The lowest BCUT2D eigenvalue weighted by Crippen LogP contribution is -2.55. The summed E-state index contributed by atoms with van der Waals surface area (Å²) < 4.78 is 5.90. The molecule has 0 bridgehead atoms. The van der Waals surface area contributed by atoms with Gasteiger partial charge in [-0.05, 0) is 91.8 Å². The largest absolute Gasteiger partial charge is 0.411 e. The quantitative estimate of drug-likeness (QED) is 0.534. The molecule has 4 aliphatic carbocycles. The smallest absolute Gasteiger partial charge is 0.0627 e. The summed E-state index contributed by atoms with van der Waals surface area (Å²) in [6.45, 7) is 7.36. The second-order valence-electron chi connectivity index (χ2n) is 9.90. The number of oxime groups is 1. The van der Waals surface area contributed by atoms with E-state index in [-0.39, 0.29) is 0 Å². The van der Waals surface area contributed by atoms with Crippen LogP contribution in [0.25, 0.3) is 0 Å². The van der Waals surface area contributed by atoms with E-state index in [1.54, 1.807) is 0 Å². The van der Waals surface area contributed by atoms with Crippen molar-refractivity contribution < 1.29 is 9.94 Å². The van der Waals surface area contributed by atoms with Gasteiger partial charge >= 0.3 is 0 Å². The molecule has 3 heteroatoms. The predicted molar refractivity (Wildman–Crippen MR) is 96.3 cm³/mol. The maximum atomic E-state index is 9.36. The highest BCUT2D eigenvalue weighted by atomic mass is 16.5. The van der Waals surface area contributed by atoms with Crippen molar-refractivity contribution in [1.29, 1.82) is 0 Å². The SMILES string of the molecule is CO[C@H]1CC[C@H]2[C@@H]3CC[C@H]4C/C(=N\O)[C@H](C)C[C@]4(C)[C@H]3CC[C@]12C. The third-order valence-electron chi connectivity index (χ3n) is 9.16. The third-order valence-corrected chi connectivity index (χ3v) is 9.16. The highest BCUT2D eigenvalue weighted by Gasteiger charge is 2.60. The van der Waals surface area contributed by atoms with Crippen molar-refractivity contribution in [1.82, 2.24) is 0 Å². The predicted octanol–water partition coefficient (Wildman–Crippen LogP) is 5.12. The second-order valence-corrected chi connectivity index (χ2v) is 9.90. The molecule has 0 saturated heterocycles. The number of rotatable bonds is 1. The van der Waals surface area contributed by atoms with E-state index in [1.807, 2.05) is 7.11 Å². The van der Waals surface area contributed by atoms with E-state index in [0.29, 0.717) is 22.9 Å². The number of hydrogen-bond acceptors (Lipinski definition) is 3. The van der Waals surface area contributed by atoms with Crippen LogP contribution in [-0.4, -0.2) is 24.1 Å². The molecule has 4 rings (SSSR count). The van der Waals surface area contributed by atoms with Crippen LogP contribution >= 0.6 is 0 Å². The molecule has 8 atom stereocenters. The minimum absolute atomic E-state index is 0.414. The molecule has 4 aliphatic rings. The van der Waals surface area contributed by atoms with Gasteiger partial charge in [-0.2, -0.15) is 0 Å². The normalized spacial score (nSPS) is 55.8. The second kappa shape index (κ2) is 5.72. The zero-order valence-electron chi connectivity index (χ0n) is 15.9. The van der Waals surface area contributed by atoms with Crippen LogP contribution in [0.2, 0.25) is 0 Å². The first kappa shape index (κ1) is 16.9. The van der Waals surface area contributed by atoms with Gasteiger partial charge in [0.15, 0.2) is 0 Å². The fraction of sp³-hybridized carbons (Fsp3) is 0.952. The van der Waals surface area contributed by atoms with Crippen molar-refractivity contribution in [3.8, 4) is 0 Å². The summed E-state index contributed by atoms with van der Waals surface area (Å²) in [7, 11) is 1.92. The van der Waals surface area contributed by atoms with E-state index in [0.717, 1.165) is 35.8 Å². The van der Waals surface area contributed by atoms with E-state index in [1.165, 1.54) is 44.9 Å². The monoisotopic (exact) mass is 333 g/mol. The van der Waals surface area contributed by atoms with Gasteiger partial charge in [0.2, 0.25) is 0 Å². The summed E-state index contributed by atoms with van der Waals surface area (Å²) in [6.07, 6.45) is 10.8. The van der Waals surface area contributed by atoms with E-state index < -0.39 is 0 Å². The molecule has 0 aromatic rings. The molecule has 0 spiro atoms. The van der Waals surface area contributed by atoms with Crippen LogP contribution in [0.3, 0.4) is 0 Å². The number of hydrogen-bond donors (Lipinski definition) is 1. The number of nitrogens with zero attached hydrogens (tertiary/aromatic N) is 1. The molecule has 4 fully saturated rings. The molecule has 0 aromatic carbocycles. The first-order valence-corrected chi connectivity index (χ1v) is 10.2. The molecule has 0 aromatic heterocycles. The third kappa shape index (κ3) is 2.15. The highest BCUT2D eigenvalue weighted by Crippen LogP contribution is 2.66. The Kier molecular flexibility index (Phi) is 4.02. The van der Waals surface area contributed by atoms with Gasteiger partial charge in [0.1, 0.15) is 0 Å². The van der Waals surface area contributed by atoms with Crippen molar-refractivity contribution in [2.75, 3.05) is 7.11 Å². The number of ether oxygens (including phenoxy) is 1. The van der Waals surface area contributed by atoms with Crippen LogP contribution < -0.4 is 0 Å². The van der Waals surface area contributed by atoms with E-state index in [9.17, 15) is 5.21 Å². The van der Waals surface area contributed by atoms with Crippen molar-refractivity contribution in [3.63, 3.8) is 0 Å². The van der Waals surface area contributed by atoms with Crippen molar-refractivity contribution >= 4 is 5.71 Å². The summed E-state index contributed by atoms with van der Waals surface area (Å²) in [5, 5.41) is 13.0. The van der Waals surface area contributed by atoms with Gasteiger partial charge in [-0.25, -0.2) is 0 Å². The molecule has 0 aliphatic heterocycles. The summed E-state index contributed by atoms with van der Waals surface area (Å²) in [5.74, 6) is 3.79. The molecule has 0 radical (unpaired) electrons. The van der Waals surface area contributed by atoms with Crippen molar-refractivity contribution in [2.45, 2.75) is 78.2 Å². The molecule has 0 heterocycles. The van der Waals surface area contributed by atoms with E-state index in [2.05, 4.69) is 25.9 Å². The standard InChI is InChI=1S/C21H35NO2/c1-13-12-21(3)14(11-18(13)22-23)5-6-15-16-7-8-19(24-4)20(16,2)10-9-17(15)21/h13-17,19,23H,5-12H2,1-4H3/b22-18+/t13-,14+,15+,16+,17+,19+,20+,21+/m1/s1. The zero-order valence-corrected chi connectivity index (χ0v) is 15.9. The lowest BCUT2D eigenvalue weighted by molar-refractivity contribution is -0.121. The average molecular weight is 334 g/mol. The summed E-state index contributed by atoms with van der Waals surface area (Å²) in [4.78, 5) is 0. The minimum atomic E-state index is 0.414. The van der Waals surface area contributed by atoms with Crippen LogP contribution in [0.4, 0.5) is 0 Å². The van der Waals surface area contributed by atoms with Crippen molar-refractivity contribution in [2.24, 2.45) is 45.6 Å². The van der Waals surface area contributed by atoms with Gasteiger partial charge in [-0.15, -0.1) is 0 Å². The fourth-order valence-electron chi connectivity index (χ4n) is 7.90. The Balaban J connectivity index is 1.62. The Morgan fingerprint density at radius 1 is 1.04 bits per heavy atom. The van der Waals surface area contributed by atoms with Crippen molar-refractivity contribution in [3.05, 3.63) is 0 Å². The highest BCUT2D eigenvalue weighted by molar-refractivity contribution is 5.87. The molecular weight excluding hydrogens is 298 g/mol. The molecule has 4 saturated carbocycles. The molecule has 0 unspecified atom stereocenters. The Hall–Kier alpha value is -0.570. The molecule has 1 N–H and O–H groups in total. The minimum Gasteiger partial charge on any atom is -0.411 e. The molecule has 136 valence electrons. The Morgan fingerprint density at radius 3 is 2.50 bits per heavy atom. The maximum Gasteiger partial charge on any atom is 0.0627 e.